The SMILES string of the molecule is CN(C)C(=O)c1cccc(S(=O)(=O)N2CCN(Cc3ccccc3)CC2)c1. The summed E-state index contributed by atoms with van der Waals surface area (Å²) in [4.78, 5) is 16.0. The summed E-state index contributed by atoms with van der Waals surface area (Å²) < 4.78 is 27.5. The van der Waals surface area contributed by atoms with Gasteiger partial charge in [-0.15, -0.1) is 0 Å². The quantitative estimate of drug-likeness (QED) is 0.786. The molecule has 0 unspecified atom stereocenters. The summed E-state index contributed by atoms with van der Waals surface area (Å²) in [6.07, 6.45) is 0. The molecule has 0 spiro atoms. The number of hydrogen-bond donors (Lipinski definition) is 0. The largest absolute Gasteiger partial charge is 0.345 e. The van der Waals surface area contributed by atoms with Crippen molar-refractivity contribution in [3.8, 4) is 0 Å². The molecular weight excluding hydrogens is 362 g/mol. The van der Waals surface area contributed by atoms with E-state index in [1.807, 2.05) is 18.2 Å². The molecule has 2 aromatic carbocycles. The van der Waals surface area contributed by atoms with Crippen LogP contribution in [0.2, 0.25) is 0 Å². The lowest BCUT2D eigenvalue weighted by Gasteiger charge is -2.34. The Morgan fingerprint density at radius 2 is 1.63 bits per heavy atom. The van der Waals surface area contributed by atoms with E-state index < -0.39 is 10.0 Å². The van der Waals surface area contributed by atoms with E-state index in [1.54, 1.807) is 32.3 Å². The second kappa shape index (κ2) is 8.21. The molecule has 1 heterocycles. The first-order valence-corrected chi connectivity index (χ1v) is 10.4. The fourth-order valence-corrected chi connectivity index (χ4v) is 4.64. The Kier molecular flexibility index (Phi) is 5.94. The molecule has 3 rings (SSSR count). The maximum Gasteiger partial charge on any atom is 0.253 e. The minimum Gasteiger partial charge on any atom is -0.345 e. The molecule has 1 amide bonds. The molecular formula is C20H25N3O3S. The Balaban J connectivity index is 1.68. The number of nitrogens with zero attached hydrogens (tertiary/aromatic N) is 3. The molecule has 1 saturated heterocycles. The first-order valence-electron chi connectivity index (χ1n) is 8.96. The third-order valence-corrected chi connectivity index (χ3v) is 6.60. The van der Waals surface area contributed by atoms with Gasteiger partial charge in [0.05, 0.1) is 4.90 Å². The molecule has 1 aliphatic rings. The van der Waals surface area contributed by atoms with Gasteiger partial charge in [-0.25, -0.2) is 8.42 Å². The summed E-state index contributed by atoms with van der Waals surface area (Å²) in [7, 11) is -0.308. The van der Waals surface area contributed by atoms with Crippen LogP contribution >= 0.6 is 0 Å². The molecule has 0 bridgehead atoms. The fourth-order valence-electron chi connectivity index (χ4n) is 3.17. The van der Waals surface area contributed by atoms with E-state index in [-0.39, 0.29) is 10.8 Å². The Morgan fingerprint density at radius 1 is 0.963 bits per heavy atom. The number of hydrogen-bond acceptors (Lipinski definition) is 4. The number of sulfonamides is 1. The van der Waals surface area contributed by atoms with E-state index in [2.05, 4.69) is 17.0 Å². The van der Waals surface area contributed by atoms with Crippen molar-refractivity contribution >= 4 is 15.9 Å². The third kappa shape index (κ3) is 4.55. The van der Waals surface area contributed by atoms with Crippen molar-refractivity contribution in [3.63, 3.8) is 0 Å². The standard InChI is InChI=1S/C20H25N3O3S/c1-21(2)20(24)18-9-6-10-19(15-18)27(25,26)23-13-11-22(12-14-23)16-17-7-4-3-5-8-17/h3-10,15H,11-14,16H2,1-2H3. The monoisotopic (exact) mass is 387 g/mol. The molecule has 7 heteroatoms. The summed E-state index contributed by atoms with van der Waals surface area (Å²) in [5.41, 5.74) is 1.60. The minimum absolute atomic E-state index is 0.173. The van der Waals surface area contributed by atoms with Gasteiger partial charge in [-0.3, -0.25) is 9.69 Å². The highest BCUT2D eigenvalue weighted by atomic mass is 32.2. The van der Waals surface area contributed by atoms with Crippen LogP contribution in [0.5, 0.6) is 0 Å². The van der Waals surface area contributed by atoms with Crippen LogP contribution in [0, 0.1) is 0 Å². The topological polar surface area (TPSA) is 60.9 Å². The molecule has 1 aliphatic heterocycles. The summed E-state index contributed by atoms with van der Waals surface area (Å²) in [5, 5.41) is 0. The highest BCUT2D eigenvalue weighted by Crippen LogP contribution is 2.20. The zero-order valence-corrected chi connectivity index (χ0v) is 16.5. The van der Waals surface area contributed by atoms with Gasteiger partial charge in [0.25, 0.3) is 5.91 Å². The van der Waals surface area contributed by atoms with Crippen molar-refractivity contribution in [2.45, 2.75) is 11.4 Å². The van der Waals surface area contributed by atoms with Crippen molar-refractivity contribution in [2.75, 3.05) is 40.3 Å². The van der Waals surface area contributed by atoms with Crippen LogP contribution in [0.4, 0.5) is 0 Å². The first kappa shape index (κ1) is 19.5. The summed E-state index contributed by atoms with van der Waals surface area (Å²) in [6, 6.07) is 16.5. The third-order valence-electron chi connectivity index (χ3n) is 4.71. The van der Waals surface area contributed by atoms with E-state index >= 15 is 0 Å². The van der Waals surface area contributed by atoms with E-state index in [0.717, 1.165) is 6.54 Å². The van der Waals surface area contributed by atoms with Crippen LogP contribution in [0.15, 0.2) is 59.5 Å². The van der Waals surface area contributed by atoms with Crippen LogP contribution in [-0.4, -0.2) is 68.7 Å². The molecule has 0 saturated carbocycles. The van der Waals surface area contributed by atoms with E-state index in [4.69, 9.17) is 0 Å². The highest BCUT2D eigenvalue weighted by Gasteiger charge is 2.29. The van der Waals surface area contributed by atoms with Gasteiger partial charge in [-0.05, 0) is 23.8 Å². The molecule has 0 radical (unpaired) electrons. The Hall–Kier alpha value is -2.22. The minimum atomic E-state index is -3.60. The summed E-state index contributed by atoms with van der Waals surface area (Å²) >= 11 is 0. The lowest BCUT2D eigenvalue weighted by atomic mass is 10.2. The Bertz CT molecular complexity index is 890. The predicted octanol–water partition coefficient (Wildman–Crippen LogP) is 1.89. The Labute approximate surface area is 161 Å². The molecule has 0 atom stereocenters. The lowest BCUT2D eigenvalue weighted by molar-refractivity contribution is 0.0827. The zero-order chi connectivity index (χ0) is 19.4. The molecule has 6 nitrogen and oxygen atoms in total. The highest BCUT2D eigenvalue weighted by molar-refractivity contribution is 7.89. The van der Waals surface area contributed by atoms with E-state index in [1.165, 1.54) is 20.8 Å². The molecule has 0 N–H and O–H groups in total. The van der Waals surface area contributed by atoms with Crippen molar-refractivity contribution in [2.24, 2.45) is 0 Å². The second-order valence-corrected chi connectivity index (χ2v) is 8.83. The maximum absolute atomic E-state index is 13.0. The average molecular weight is 388 g/mol. The van der Waals surface area contributed by atoms with Crippen LogP contribution in [0.25, 0.3) is 0 Å². The van der Waals surface area contributed by atoms with Gasteiger partial charge >= 0.3 is 0 Å². The van der Waals surface area contributed by atoms with Crippen molar-refractivity contribution in [1.29, 1.82) is 0 Å². The fraction of sp³-hybridized carbons (Fsp3) is 0.350. The van der Waals surface area contributed by atoms with Gasteiger partial charge in [0.1, 0.15) is 0 Å². The molecule has 0 aromatic heterocycles. The molecule has 144 valence electrons. The maximum atomic E-state index is 13.0. The normalized spacial score (nSPS) is 16.2. The van der Waals surface area contributed by atoms with Gasteiger partial charge in [-0.2, -0.15) is 4.31 Å². The lowest BCUT2D eigenvalue weighted by Crippen LogP contribution is -2.48. The van der Waals surface area contributed by atoms with E-state index in [9.17, 15) is 13.2 Å². The van der Waals surface area contributed by atoms with Crippen LogP contribution in [0.1, 0.15) is 15.9 Å². The predicted molar refractivity (Wildman–Crippen MR) is 105 cm³/mol. The van der Waals surface area contributed by atoms with Crippen molar-refractivity contribution in [3.05, 3.63) is 65.7 Å². The Morgan fingerprint density at radius 3 is 2.26 bits per heavy atom. The van der Waals surface area contributed by atoms with Gasteiger partial charge in [0.15, 0.2) is 0 Å². The number of rotatable bonds is 5. The zero-order valence-electron chi connectivity index (χ0n) is 15.7. The molecule has 1 fully saturated rings. The molecule has 0 aliphatic carbocycles. The number of amides is 1. The van der Waals surface area contributed by atoms with Gasteiger partial charge in [-0.1, -0.05) is 36.4 Å². The second-order valence-electron chi connectivity index (χ2n) is 6.89. The summed E-state index contributed by atoms with van der Waals surface area (Å²) in [5.74, 6) is -0.209. The number of carbonyl (C=O) groups excluding carboxylic acids is 1. The van der Waals surface area contributed by atoms with Gasteiger partial charge < -0.3 is 4.90 Å². The van der Waals surface area contributed by atoms with Gasteiger partial charge in [0.2, 0.25) is 10.0 Å². The van der Waals surface area contributed by atoms with Gasteiger partial charge in [0, 0.05) is 52.4 Å². The van der Waals surface area contributed by atoms with Crippen molar-refractivity contribution in [1.82, 2.24) is 14.1 Å². The summed E-state index contributed by atoms with van der Waals surface area (Å²) in [6.45, 7) is 3.08. The molecule has 2 aromatic rings. The van der Waals surface area contributed by atoms with Crippen molar-refractivity contribution < 1.29 is 13.2 Å². The smallest absolute Gasteiger partial charge is 0.253 e. The molecule has 27 heavy (non-hydrogen) atoms. The van der Waals surface area contributed by atoms with Crippen LogP contribution in [0.3, 0.4) is 0 Å². The van der Waals surface area contributed by atoms with Crippen LogP contribution < -0.4 is 0 Å². The number of benzene rings is 2. The van der Waals surface area contributed by atoms with E-state index in [0.29, 0.717) is 31.7 Å². The first-order chi connectivity index (χ1) is 12.9. The van der Waals surface area contributed by atoms with Crippen LogP contribution in [-0.2, 0) is 16.6 Å². The average Bonchev–Trinajstić information content (AvgIpc) is 2.68. The number of piperazine rings is 1. The number of carbonyl (C=O) groups is 1.